The van der Waals surface area contributed by atoms with Gasteiger partial charge in [-0.05, 0) is 79.4 Å². The number of allylic oxidation sites excluding steroid dienone is 3. The molecule has 6 rings (SSSR count). The van der Waals surface area contributed by atoms with Gasteiger partial charge in [0.2, 0.25) is 0 Å². The van der Waals surface area contributed by atoms with Gasteiger partial charge in [0.25, 0.3) is 5.91 Å². The number of ether oxygens (including phenoxy) is 1. The zero-order valence-electron chi connectivity index (χ0n) is 20.1. The summed E-state index contributed by atoms with van der Waals surface area (Å²) in [6.07, 6.45) is 3.30. The van der Waals surface area contributed by atoms with Gasteiger partial charge >= 0.3 is 0 Å². The van der Waals surface area contributed by atoms with Gasteiger partial charge in [-0.25, -0.2) is 0 Å². The van der Waals surface area contributed by atoms with Crippen LogP contribution in [0, 0.1) is 11.8 Å². The van der Waals surface area contributed by atoms with Crippen LogP contribution >= 0.6 is 0 Å². The van der Waals surface area contributed by atoms with Crippen molar-refractivity contribution in [1.29, 1.82) is 0 Å². The lowest BCUT2D eigenvalue weighted by Crippen LogP contribution is -2.51. The maximum atomic E-state index is 13.8. The van der Waals surface area contributed by atoms with Crippen LogP contribution in [0.15, 0.2) is 66.9 Å². The minimum Gasteiger partial charge on any atom is -0.492 e. The Balaban J connectivity index is 1.32. The number of carbonyl (C=O) groups is 1. The summed E-state index contributed by atoms with van der Waals surface area (Å²) >= 11 is 0. The average Bonchev–Trinajstić information content (AvgIpc) is 3.35. The Morgan fingerprint density at radius 3 is 2.85 bits per heavy atom. The zero-order valence-corrected chi connectivity index (χ0v) is 20.1. The van der Waals surface area contributed by atoms with Gasteiger partial charge in [-0.2, -0.15) is 0 Å². The third kappa shape index (κ3) is 2.93. The smallest absolute Gasteiger partial charge is 0.274 e. The summed E-state index contributed by atoms with van der Waals surface area (Å²) in [5.74, 6) is 1.81. The van der Waals surface area contributed by atoms with Crippen molar-refractivity contribution in [3.8, 4) is 5.75 Å². The van der Waals surface area contributed by atoms with Gasteiger partial charge in [-0.15, -0.1) is 0 Å². The number of carbonyl (C=O) groups excluding carboxylic acids is 1. The van der Waals surface area contributed by atoms with Crippen LogP contribution in [0.2, 0.25) is 0 Å². The molecule has 0 unspecified atom stereocenters. The molecule has 1 spiro atoms. The molecule has 1 saturated carbocycles. The van der Waals surface area contributed by atoms with Gasteiger partial charge in [-0.3, -0.25) is 4.79 Å². The minimum atomic E-state index is -0.0765. The van der Waals surface area contributed by atoms with Crippen molar-refractivity contribution in [2.45, 2.75) is 18.8 Å². The highest BCUT2D eigenvalue weighted by molar-refractivity contribution is 6.00. The van der Waals surface area contributed by atoms with Crippen molar-refractivity contribution in [1.82, 2.24) is 14.8 Å². The fraction of sp³-hybridized carbons (Fsp3) is 0.345. The normalized spacial score (nSPS) is 25.0. The predicted octanol–water partition coefficient (Wildman–Crippen LogP) is 5.07. The van der Waals surface area contributed by atoms with Crippen molar-refractivity contribution in [2.75, 3.05) is 33.8 Å². The van der Waals surface area contributed by atoms with Crippen LogP contribution in [-0.2, 0) is 5.41 Å². The van der Waals surface area contributed by atoms with Crippen LogP contribution in [0.25, 0.3) is 16.5 Å². The molecule has 5 heteroatoms. The summed E-state index contributed by atoms with van der Waals surface area (Å²) in [5.41, 5.74) is 6.17. The number of hydrogen-bond donors (Lipinski definition) is 1. The monoisotopic (exact) mass is 453 g/mol. The van der Waals surface area contributed by atoms with Gasteiger partial charge in [0, 0.05) is 35.1 Å². The standard InChI is InChI=1S/C29H31N3O2/c1-18-13-27-29(24-8-6-5-7-23(18)24)19(2)14-21(29)17-32(27)28(33)26-16-20-15-22(9-10-25(20)30-26)34-12-11-31(3)4/h5-10,13,15-16,19,21,30H,1,11-12,14,17H2,2-4H3/t19-,21+,29+/m0/s1. The number of hydrogen-bond acceptors (Lipinski definition) is 3. The number of amides is 1. The van der Waals surface area contributed by atoms with Crippen LogP contribution in [0.4, 0.5) is 0 Å². The molecular formula is C29H31N3O2. The fourth-order valence-electron chi connectivity index (χ4n) is 6.45. The van der Waals surface area contributed by atoms with Crippen LogP contribution in [-0.4, -0.2) is 54.5 Å². The van der Waals surface area contributed by atoms with Gasteiger partial charge in [0.1, 0.15) is 18.1 Å². The van der Waals surface area contributed by atoms with Crippen LogP contribution in [0.1, 0.15) is 35.0 Å². The Morgan fingerprint density at radius 1 is 1.24 bits per heavy atom. The van der Waals surface area contributed by atoms with E-state index in [1.807, 2.05) is 43.3 Å². The molecule has 1 N–H and O–H groups in total. The lowest BCUT2D eigenvalue weighted by Gasteiger charge is -2.53. The number of H-pyrrole nitrogens is 1. The number of aromatic amines is 1. The summed E-state index contributed by atoms with van der Waals surface area (Å²) in [6, 6.07) is 16.5. The van der Waals surface area contributed by atoms with Gasteiger partial charge < -0.3 is 19.5 Å². The van der Waals surface area contributed by atoms with Crippen molar-refractivity contribution in [3.05, 3.63) is 83.7 Å². The second-order valence-electron chi connectivity index (χ2n) is 10.3. The van der Waals surface area contributed by atoms with E-state index in [0.717, 1.165) is 47.4 Å². The molecule has 1 amide bonds. The lowest BCUT2D eigenvalue weighted by atomic mass is 9.49. The quantitative estimate of drug-likeness (QED) is 0.587. The molecule has 2 aromatic carbocycles. The highest BCUT2D eigenvalue weighted by Crippen LogP contribution is 2.65. The molecule has 1 aliphatic heterocycles. The number of fused-ring (bicyclic) bond motifs is 2. The molecule has 1 saturated heterocycles. The van der Waals surface area contributed by atoms with Crippen molar-refractivity contribution >= 4 is 22.4 Å². The molecule has 3 aromatic rings. The minimum absolute atomic E-state index is 0.0330. The third-order valence-corrected chi connectivity index (χ3v) is 8.08. The van der Waals surface area contributed by atoms with E-state index in [1.165, 1.54) is 11.1 Å². The first kappa shape index (κ1) is 21.2. The van der Waals surface area contributed by atoms with E-state index in [9.17, 15) is 4.79 Å². The Kier molecular flexibility index (Phi) is 4.75. The first-order valence-corrected chi connectivity index (χ1v) is 12.1. The molecule has 2 fully saturated rings. The van der Waals surface area contributed by atoms with Gasteiger partial charge in [0.15, 0.2) is 0 Å². The zero-order chi connectivity index (χ0) is 23.6. The SMILES string of the molecule is C=C1C=C2N(C(=O)c3cc4cc(OCCN(C)C)ccc4[nH]3)C[C@H]3C[C@H](C)[C@@]23c2ccccc21. The maximum Gasteiger partial charge on any atom is 0.274 e. The number of rotatable bonds is 5. The van der Waals surface area contributed by atoms with Crippen LogP contribution in [0.5, 0.6) is 5.75 Å². The first-order chi connectivity index (χ1) is 16.4. The average molecular weight is 454 g/mol. The second kappa shape index (κ2) is 7.60. The fourth-order valence-corrected chi connectivity index (χ4v) is 6.45. The summed E-state index contributed by atoms with van der Waals surface area (Å²) in [5, 5.41) is 0.989. The van der Waals surface area contributed by atoms with Gasteiger partial charge in [-0.1, -0.05) is 37.8 Å². The highest BCUT2D eigenvalue weighted by Gasteiger charge is 2.64. The number of nitrogens with one attached hydrogen (secondary N) is 1. The van der Waals surface area contributed by atoms with E-state index in [-0.39, 0.29) is 11.3 Å². The van der Waals surface area contributed by atoms with Gasteiger partial charge in [0.05, 0.1) is 0 Å². The third-order valence-electron chi connectivity index (χ3n) is 8.08. The Hall–Kier alpha value is -3.31. The van der Waals surface area contributed by atoms with Crippen molar-refractivity contribution in [2.24, 2.45) is 11.8 Å². The molecule has 174 valence electrons. The number of nitrogens with zero attached hydrogens (tertiary/aromatic N) is 2. The van der Waals surface area contributed by atoms with Crippen LogP contribution < -0.4 is 4.74 Å². The summed E-state index contributed by atoms with van der Waals surface area (Å²) < 4.78 is 5.89. The number of benzene rings is 2. The molecule has 0 bridgehead atoms. The molecule has 2 heterocycles. The molecule has 1 aromatic heterocycles. The van der Waals surface area contributed by atoms with E-state index in [2.05, 4.69) is 53.7 Å². The molecule has 3 aliphatic rings. The van der Waals surface area contributed by atoms with Crippen LogP contribution in [0.3, 0.4) is 0 Å². The number of aromatic nitrogens is 1. The first-order valence-electron chi connectivity index (χ1n) is 12.1. The summed E-state index contributed by atoms with van der Waals surface area (Å²) in [4.78, 5) is 21.3. The highest BCUT2D eigenvalue weighted by atomic mass is 16.5. The summed E-state index contributed by atoms with van der Waals surface area (Å²) in [6.45, 7) is 8.89. The van der Waals surface area contributed by atoms with E-state index < -0.39 is 0 Å². The topological polar surface area (TPSA) is 48.6 Å². The molecule has 5 nitrogen and oxygen atoms in total. The van der Waals surface area contributed by atoms with E-state index in [1.54, 1.807) is 0 Å². The van der Waals surface area contributed by atoms with E-state index in [4.69, 9.17) is 4.74 Å². The maximum absolute atomic E-state index is 13.8. The second-order valence-corrected chi connectivity index (χ2v) is 10.3. The van der Waals surface area contributed by atoms with Crippen molar-refractivity contribution < 1.29 is 9.53 Å². The Bertz CT molecular complexity index is 1350. The largest absolute Gasteiger partial charge is 0.492 e. The number of likely N-dealkylation sites (tertiary alicyclic amines) is 1. The van der Waals surface area contributed by atoms with E-state index >= 15 is 0 Å². The Labute approximate surface area is 200 Å². The Morgan fingerprint density at radius 2 is 2.06 bits per heavy atom. The molecule has 2 aliphatic carbocycles. The van der Waals surface area contributed by atoms with E-state index in [0.29, 0.717) is 24.1 Å². The summed E-state index contributed by atoms with van der Waals surface area (Å²) in [7, 11) is 4.06. The predicted molar refractivity (Wildman–Crippen MR) is 136 cm³/mol. The lowest BCUT2D eigenvalue weighted by molar-refractivity contribution is 0.0812. The molecule has 34 heavy (non-hydrogen) atoms. The number of likely N-dealkylation sites (N-methyl/N-ethyl adjacent to an activating group) is 1. The molecular weight excluding hydrogens is 422 g/mol. The van der Waals surface area contributed by atoms with Crippen molar-refractivity contribution in [3.63, 3.8) is 0 Å². The molecule has 3 atom stereocenters. The molecule has 0 radical (unpaired) electrons.